The molecule has 0 aromatic heterocycles. The van der Waals surface area contributed by atoms with Crippen molar-refractivity contribution in [2.75, 3.05) is 13.6 Å². The van der Waals surface area contributed by atoms with Gasteiger partial charge in [0.05, 0.1) is 0 Å². The largest absolute Gasteiger partial charge is 0.353 e. The van der Waals surface area contributed by atoms with Gasteiger partial charge < -0.3 is 10.6 Å². The van der Waals surface area contributed by atoms with Crippen molar-refractivity contribution in [2.45, 2.75) is 39.2 Å². The van der Waals surface area contributed by atoms with E-state index in [9.17, 15) is 4.79 Å². The first-order valence-corrected chi connectivity index (χ1v) is 7.16. The van der Waals surface area contributed by atoms with E-state index in [0.29, 0.717) is 0 Å². The van der Waals surface area contributed by atoms with Gasteiger partial charge in [0.15, 0.2) is 0 Å². The quantitative estimate of drug-likeness (QED) is 0.755. The van der Waals surface area contributed by atoms with Crippen LogP contribution in [0.5, 0.6) is 0 Å². The second kappa shape index (κ2) is 8.70. The van der Waals surface area contributed by atoms with Gasteiger partial charge in [-0.2, -0.15) is 0 Å². The number of carbonyl (C=O) groups is 1. The first-order valence-electron chi connectivity index (χ1n) is 7.16. The van der Waals surface area contributed by atoms with Crippen molar-refractivity contribution < 1.29 is 4.79 Å². The van der Waals surface area contributed by atoms with Crippen LogP contribution in [-0.2, 0) is 11.2 Å². The molecule has 0 aliphatic carbocycles. The Morgan fingerprint density at radius 3 is 2.53 bits per heavy atom. The number of nitrogens with one attached hydrogen (secondary N) is 2. The van der Waals surface area contributed by atoms with Crippen molar-refractivity contribution in [1.82, 2.24) is 10.6 Å². The van der Waals surface area contributed by atoms with E-state index in [-0.39, 0.29) is 17.9 Å². The van der Waals surface area contributed by atoms with Gasteiger partial charge in [-0.15, -0.1) is 0 Å². The van der Waals surface area contributed by atoms with Crippen LogP contribution in [0.2, 0.25) is 0 Å². The van der Waals surface area contributed by atoms with E-state index in [1.807, 2.05) is 32.2 Å². The summed E-state index contributed by atoms with van der Waals surface area (Å²) >= 11 is 0. The van der Waals surface area contributed by atoms with Crippen LogP contribution in [0.15, 0.2) is 30.3 Å². The van der Waals surface area contributed by atoms with Gasteiger partial charge in [0.25, 0.3) is 0 Å². The first-order chi connectivity index (χ1) is 9.17. The molecule has 1 amide bonds. The second-order valence-electron chi connectivity index (χ2n) is 5.14. The predicted molar refractivity (Wildman–Crippen MR) is 80.1 cm³/mol. The van der Waals surface area contributed by atoms with Crippen molar-refractivity contribution in [3.05, 3.63) is 35.9 Å². The number of amides is 1. The Morgan fingerprint density at radius 2 is 1.95 bits per heavy atom. The molecule has 3 heteroatoms. The molecule has 1 rings (SSSR count). The van der Waals surface area contributed by atoms with E-state index in [1.54, 1.807) is 0 Å². The predicted octanol–water partition coefficient (Wildman–Crippen LogP) is 2.37. The molecule has 1 aromatic carbocycles. The van der Waals surface area contributed by atoms with Gasteiger partial charge in [-0.3, -0.25) is 4.79 Å². The van der Waals surface area contributed by atoms with Crippen LogP contribution in [0, 0.1) is 5.92 Å². The lowest BCUT2D eigenvalue weighted by atomic mass is 10.0. The normalized spacial score (nSPS) is 13.8. The zero-order valence-corrected chi connectivity index (χ0v) is 12.3. The molecular formula is C16H26N2O. The molecule has 2 atom stereocenters. The standard InChI is InChI=1S/C16H26N2O/c1-4-8-15(11-14-9-6-5-7-10-14)18-16(19)13(2)12-17-3/h5-7,9-10,13,15,17H,4,8,11-12H2,1-3H3,(H,18,19). The van der Waals surface area contributed by atoms with Crippen molar-refractivity contribution in [1.29, 1.82) is 0 Å². The van der Waals surface area contributed by atoms with E-state index in [1.165, 1.54) is 5.56 Å². The molecule has 0 aliphatic rings. The Balaban J connectivity index is 2.55. The molecule has 19 heavy (non-hydrogen) atoms. The molecular weight excluding hydrogens is 236 g/mol. The Labute approximate surface area is 116 Å². The molecule has 0 radical (unpaired) electrons. The number of hydrogen-bond acceptors (Lipinski definition) is 2. The third kappa shape index (κ3) is 5.88. The Morgan fingerprint density at radius 1 is 1.26 bits per heavy atom. The highest BCUT2D eigenvalue weighted by molar-refractivity contribution is 5.78. The fourth-order valence-electron chi connectivity index (χ4n) is 2.21. The fraction of sp³-hybridized carbons (Fsp3) is 0.562. The fourth-order valence-corrected chi connectivity index (χ4v) is 2.21. The van der Waals surface area contributed by atoms with Crippen molar-refractivity contribution in [2.24, 2.45) is 5.92 Å². The van der Waals surface area contributed by atoms with E-state index >= 15 is 0 Å². The molecule has 0 aliphatic heterocycles. The van der Waals surface area contributed by atoms with Gasteiger partial charge in [0.1, 0.15) is 0 Å². The van der Waals surface area contributed by atoms with Gasteiger partial charge in [-0.25, -0.2) is 0 Å². The van der Waals surface area contributed by atoms with Gasteiger partial charge in [-0.1, -0.05) is 50.6 Å². The number of rotatable bonds is 8. The summed E-state index contributed by atoms with van der Waals surface area (Å²) in [5.41, 5.74) is 1.28. The van der Waals surface area contributed by atoms with Crippen molar-refractivity contribution in [3.63, 3.8) is 0 Å². The summed E-state index contributed by atoms with van der Waals surface area (Å²) < 4.78 is 0. The molecule has 0 saturated heterocycles. The molecule has 0 saturated carbocycles. The third-order valence-electron chi connectivity index (χ3n) is 3.27. The maximum atomic E-state index is 12.1. The lowest BCUT2D eigenvalue weighted by Gasteiger charge is -2.21. The maximum Gasteiger partial charge on any atom is 0.224 e. The van der Waals surface area contributed by atoms with E-state index < -0.39 is 0 Å². The molecule has 2 unspecified atom stereocenters. The molecule has 0 spiro atoms. The summed E-state index contributed by atoms with van der Waals surface area (Å²) in [7, 11) is 1.87. The van der Waals surface area contributed by atoms with Crippen LogP contribution < -0.4 is 10.6 Å². The summed E-state index contributed by atoms with van der Waals surface area (Å²) in [4.78, 5) is 12.1. The summed E-state index contributed by atoms with van der Waals surface area (Å²) in [5.74, 6) is 0.156. The molecule has 0 heterocycles. The highest BCUT2D eigenvalue weighted by Crippen LogP contribution is 2.08. The Hall–Kier alpha value is -1.35. The average molecular weight is 262 g/mol. The molecule has 2 N–H and O–H groups in total. The zero-order valence-electron chi connectivity index (χ0n) is 12.3. The van der Waals surface area contributed by atoms with E-state index in [2.05, 4.69) is 29.7 Å². The summed E-state index contributed by atoms with van der Waals surface area (Å²) in [6.07, 6.45) is 3.01. The second-order valence-corrected chi connectivity index (χ2v) is 5.14. The van der Waals surface area contributed by atoms with Crippen molar-refractivity contribution >= 4 is 5.91 Å². The summed E-state index contributed by atoms with van der Waals surface area (Å²) in [6.45, 7) is 4.83. The lowest BCUT2D eigenvalue weighted by molar-refractivity contribution is -0.125. The van der Waals surface area contributed by atoms with Crippen LogP contribution in [0.4, 0.5) is 0 Å². The minimum atomic E-state index is 0.0140. The molecule has 106 valence electrons. The topological polar surface area (TPSA) is 41.1 Å². The molecule has 0 bridgehead atoms. The highest BCUT2D eigenvalue weighted by Gasteiger charge is 2.16. The first kappa shape index (κ1) is 15.7. The van der Waals surface area contributed by atoms with Gasteiger partial charge in [0, 0.05) is 18.5 Å². The van der Waals surface area contributed by atoms with Gasteiger partial charge in [-0.05, 0) is 25.5 Å². The molecule has 0 fully saturated rings. The van der Waals surface area contributed by atoms with Gasteiger partial charge >= 0.3 is 0 Å². The maximum absolute atomic E-state index is 12.1. The van der Waals surface area contributed by atoms with E-state index in [4.69, 9.17) is 0 Å². The Kier molecular flexibility index (Phi) is 7.19. The van der Waals surface area contributed by atoms with Crippen LogP contribution in [0.3, 0.4) is 0 Å². The summed E-state index contributed by atoms with van der Waals surface area (Å²) in [5, 5.41) is 6.21. The molecule has 1 aromatic rings. The molecule has 3 nitrogen and oxygen atoms in total. The van der Waals surface area contributed by atoms with Crippen LogP contribution in [0.25, 0.3) is 0 Å². The smallest absolute Gasteiger partial charge is 0.224 e. The van der Waals surface area contributed by atoms with Crippen LogP contribution >= 0.6 is 0 Å². The highest BCUT2D eigenvalue weighted by atomic mass is 16.1. The van der Waals surface area contributed by atoms with Gasteiger partial charge in [0.2, 0.25) is 5.91 Å². The number of benzene rings is 1. The van der Waals surface area contributed by atoms with Crippen molar-refractivity contribution in [3.8, 4) is 0 Å². The summed E-state index contributed by atoms with van der Waals surface area (Å²) in [6, 6.07) is 10.6. The minimum absolute atomic E-state index is 0.0140. The van der Waals surface area contributed by atoms with E-state index in [0.717, 1.165) is 25.8 Å². The zero-order chi connectivity index (χ0) is 14.1. The van der Waals surface area contributed by atoms with Crippen LogP contribution in [-0.4, -0.2) is 25.5 Å². The van der Waals surface area contributed by atoms with Crippen LogP contribution in [0.1, 0.15) is 32.3 Å². The lowest BCUT2D eigenvalue weighted by Crippen LogP contribution is -2.41. The third-order valence-corrected chi connectivity index (χ3v) is 3.27. The number of hydrogen-bond donors (Lipinski definition) is 2. The average Bonchev–Trinajstić information content (AvgIpc) is 2.40. The Bertz CT molecular complexity index is 364. The SMILES string of the molecule is CCCC(Cc1ccccc1)NC(=O)C(C)CNC. The minimum Gasteiger partial charge on any atom is -0.353 e. The number of carbonyl (C=O) groups excluding carboxylic acids is 1. The monoisotopic (exact) mass is 262 g/mol.